The number of ether oxygens (including phenoxy) is 4. The molecular weight excluding hydrogens is 1130 g/mol. The molecule has 17 nitrogen and oxygen atoms in total. The summed E-state index contributed by atoms with van der Waals surface area (Å²) in [6.45, 7) is 14.0. The van der Waals surface area contributed by atoms with Crippen LogP contribution in [0.2, 0.25) is 0 Å². The first-order valence-electron chi connectivity index (χ1n) is 34.2. The number of unbranched alkanes of at least 4 members (excludes halogenated alkanes) is 28. The lowest BCUT2D eigenvalue weighted by molar-refractivity contribution is -0.161. The van der Waals surface area contributed by atoms with Gasteiger partial charge in [-0.15, -0.1) is 0 Å². The number of rotatable bonds is 63. The van der Waals surface area contributed by atoms with Gasteiger partial charge in [0.2, 0.25) is 0 Å². The summed E-state index contributed by atoms with van der Waals surface area (Å²) in [5.74, 6) is 0.793. The van der Waals surface area contributed by atoms with Gasteiger partial charge in [-0.3, -0.25) is 37.3 Å². The molecule has 6 atom stereocenters. The summed E-state index contributed by atoms with van der Waals surface area (Å²) in [7, 11) is -9.89. The van der Waals surface area contributed by atoms with Gasteiger partial charge in [-0.2, -0.15) is 0 Å². The van der Waals surface area contributed by atoms with E-state index in [9.17, 15) is 43.2 Å². The SMILES string of the molecule is CCC(C)CCCCCCCCC(=O)OC[C@H](COP(=O)(O)OCC(O)COP(=O)(O)OC[C@@H](COC(=O)CCCCCCCCCCC(C)C)OC(=O)CCCCCCCCCCCC(C)C)OC(=O)CCCCCCCCCCCC(C)C. The van der Waals surface area contributed by atoms with Crippen LogP contribution in [0.1, 0.15) is 319 Å². The van der Waals surface area contributed by atoms with Crippen molar-refractivity contribution in [2.45, 2.75) is 337 Å². The average molecular weight is 1260 g/mol. The van der Waals surface area contributed by atoms with Crippen LogP contribution in [0.3, 0.4) is 0 Å². The van der Waals surface area contributed by atoms with Gasteiger partial charge < -0.3 is 33.8 Å². The quantitative estimate of drug-likeness (QED) is 0.0222. The number of phosphoric acid groups is 2. The summed E-state index contributed by atoms with van der Waals surface area (Å²) in [5.41, 5.74) is 0. The topological polar surface area (TPSA) is 237 Å². The molecule has 0 fully saturated rings. The third-order valence-electron chi connectivity index (χ3n) is 15.4. The maximum Gasteiger partial charge on any atom is 0.472 e. The minimum Gasteiger partial charge on any atom is -0.462 e. The van der Waals surface area contributed by atoms with Crippen LogP contribution in [-0.4, -0.2) is 96.7 Å². The number of esters is 4. The molecule has 0 amide bonds. The van der Waals surface area contributed by atoms with E-state index in [2.05, 4.69) is 55.4 Å². The van der Waals surface area contributed by atoms with Crippen molar-refractivity contribution >= 4 is 39.5 Å². The Morgan fingerprint density at radius 1 is 0.329 bits per heavy atom. The highest BCUT2D eigenvalue weighted by molar-refractivity contribution is 7.47. The van der Waals surface area contributed by atoms with Gasteiger partial charge in [0.25, 0.3) is 0 Å². The van der Waals surface area contributed by atoms with Gasteiger partial charge in [-0.1, -0.05) is 267 Å². The average Bonchev–Trinajstić information content (AvgIpc) is 3.61. The first-order valence-corrected chi connectivity index (χ1v) is 37.2. The zero-order valence-electron chi connectivity index (χ0n) is 55.2. The van der Waals surface area contributed by atoms with Crippen molar-refractivity contribution < 1.29 is 80.2 Å². The second-order valence-electron chi connectivity index (χ2n) is 25.5. The Bertz CT molecular complexity index is 1700. The summed E-state index contributed by atoms with van der Waals surface area (Å²) in [6, 6.07) is 0. The zero-order chi connectivity index (χ0) is 63.2. The van der Waals surface area contributed by atoms with Crippen LogP contribution in [-0.2, 0) is 65.4 Å². The van der Waals surface area contributed by atoms with Gasteiger partial charge in [-0.25, -0.2) is 9.13 Å². The van der Waals surface area contributed by atoms with Crippen LogP contribution in [0.25, 0.3) is 0 Å². The lowest BCUT2D eigenvalue weighted by atomic mass is 10.00. The Balaban J connectivity index is 5.27. The van der Waals surface area contributed by atoms with E-state index in [0.29, 0.717) is 25.7 Å². The molecule has 0 radical (unpaired) electrons. The predicted molar refractivity (Wildman–Crippen MR) is 340 cm³/mol. The summed E-state index contributed by atoms with van der Waals surface area (Å²) in [6.07, 6.45) is 36.3. The fourth-order valence-electron chi connectivity index (χ4n) is 9.75. The van der Waals surface area contributed by atoms with E-state index < -0.39 is 97.5 Å². The van der Waals surface area contributed by atoms with E-state index in [1.54, 1.807) is 0 Å². The van der Waals surface area contributed by atoms with E-state index in [1.165, 1.54) is 116 Å². The first kappa shape index (κ1) is 83.1. The molecule has 0 bridgehead atoms. The van der Waals surface area contributed by atoms with E-state index in [0.717, 1.165) is 120 Å². The van der Waals surface area contributed by atoms with Gasteiger partial charge in [0, 0.05) is 25.7 Å². The number of hydrogen-bond donors (Lipinski definition) is 3. The molecule has 504 valence electrons. The molecule has 0 aromatic heterocycles. The summed E-state index contributed by atoms with van der Waals surface area (Å²) in [5, 5.41) is 10.6. The Morgan fingerprint density at radius 2 is 0.565 bits per heavy atom. The minimum atomic E-state index is -4.95. The Labute approximate surface area is 517 Å². The number of aliphatic hydroxyl groups excluding tert-OH is 1. The second-order valence-corrected chi connectivity index (χ2v) is 28.4. The van der Waals surface area contributed by atoms with Crippen molar-refractivity contribution in [2.75, 3.05) is 39.6 Å². The maximum absolute atomic E-state index is 13.0. The highest BCUT2D eigenvalue weighted by atomic mass is 31.2. The van der Waals surface area contributed by atoms with Crippen molar-refractivity contribution in [3.05, 3.63) is 0 Å². The molecule has 0 aliphatic rings. The van der Waals surface area contributed by atoms with Crippen molar-refractivity contribution in [2.24, 2.45) is 23.7 Å². The molecule has 0 aromatic carbocycles. The normalized spacial score (nSPS) is 14.7. The number of aliphatic hydroxyl groups is 1. The van der Waals surface area contributed by atoms with Crippen LogP contribution >= 0.6 is 15.6 Å². The molecule has 0 aliphatic heterocycles. The zero-order valence-corrected chi connectivity index (χ0v) is 57.0. The molecule has 19 heteroatoms. The third-order valence-corrected chi connectivity index (χ3v) is 17.3. The molecule has 0 heterocycles. The van der Waals surface area contributed by atoms with E-state index in [4.69, 9.17) is 37.0 Å². The van der Waals surface area contributed by atoms with Crippen molar-refractivity contribution in [1.29, 1.82) is 0 Å². The van der Waals surface area contributed by atoms with Crippen LogP contribution in [0, 0.1) is 23.7 Å². The monoisotopic (exact) mass is 1250 g/mol. The van der Waals surface area contributed by atoms with Crippen LogP contribution in [0.5, 0.6) is 0 Å². The molecule has 0 aromatic rings. The fourth-order valence-corrected chi connectivity index (χ4v) is 11.3. The number of carbonyl (C=O) groups excluding carboxylic acids is 4. The molecule has 0 rings (SSSR count). The fraction of sp³-hybridized carbons (Fsp3) is 0.939. The van der Waals surface area contributed by atoms with Gasteiger partial charge in [0.05, 0.1) is 26.4 Å². The molecular formula is C66H128O17P2. The van der Waals surface area contributed by atoms with Crippen molar-refractivity contribution in [3.8, 4) is 0 Å². The Morgan fingerprint density at radius 3 is 0.835 bits per heavy atom. The Hall–Kier alpha value is -1.94. The molecule has 0 aliphatic carbocycles. The van der Waals surface area contributed by atoms with E-state index in [1.807, 2.05) is 0 Å². The van der Waals surface area contributed by atoms with Gasteiger partial charge in [0.1, 0.15) is 19.3 Å². The lowest BCUT2D eigenvalue weighted by Crippen LogP contribution is -2.30. The number of carbonyl (C=O) groups is 4. The van der Waals surface area contributed by atoms with E-state index in [-0.39, 0.29) is 25.7 Å². The van der Waals surface area contributed by atoms with Crippen molar-refractivity contribution in [1.82, 2.24) is 0 Å². The van der Waals surface area contributed by atoms with Gasteiger partial charge in [0.15, 0.2) is 12.2 Å². The summed E-state index contributed by atoms with van der Waals surface area (Å²) in [4.78, 5) is 72.3. The molecule has 3 N–H and O–H groups in total. The Kier molecular flexibility index (Phi) is 54.8. The van der Waals surface area contributed by atoms with Crippen molar-refractivity contribution in [3.63, 3.8) is 0 Å². The smallest absolute Gasteiger partial charge is 0.462 e. The predicted octanol–water partition coefficient (Wildman–Crippen LogP) is 18.1. The largest absolute Gasteiger partial charge is 0.472 e. The molecule has 85 heavy (non-hydrogen) atoms. The highest BCUT2D eigenvalue weighted by Gasteiger charge is 2.30. The highest BCUT2D eigenvalue weighted by Crippen LogP contribution is 2.45. The number of phosphoric ester groups is 2. The maximum atomic E-state index is 13.0. The standard InChI is InChI=1S/C66H128O17P2/c1-9-59(8)45-37-29-24-25-31-39-47-64(69)77-53-62(83-66(71)49-41-33-23-15-11-13-19-27-35-43-57(4)5)55-81-85(74,75)79-51-60(67)50-78-84(72,73)80-54-61(52-76-63(68)46-38-30-21-17-16-20-28-36-44-58(6)7)82-65(70)48-40-32-22-14-10-12-18-26-34-42-56(2)3/h56-62,67H,9-55H2,1-8H3,(H,72,73)(H,74,75)/t59?,60?,61-,62-/m1/s1. The van der Waals surface area contributed by atoms with Crippen LogP contribution in [0.4, 0.5) is 0 Å². The molecule has 0 saturated carbocycles. The third kappa shape index (κ3) is 59.5. The van der Waals surface area contributed by atoms with Gasteiger partial charge in [-0.05, 0) is 49.4 Å². The molecule has 0 saturated heterocycles. The first-order chi connectivity index (χ1) is 40.6. The van der Waals surface area contributed by atoms with Crippen LogP contribution in [0.15, 0.2) is 0 Å². The second kappa shape index (κ2) is 56.1. The lowest BCUT2D eigenvalue weighted by Gasteiger charge is -2.21. The summed E-state index contributed by atoms with van der Waals surface area (Å²) < 4.78 is 68.1. The van der Waals surface area contributed by atoms with Crippen LogP contribution < -0.4 is 0 Å². The van der Waals surface area contributed by atoms with E-state index >= 15 is 0 Å². The molecule has 4 unspecified atom stereocenters. The summed E-state index contributed by atoms with van der Waals surface area (Å²) >= 11 is 0. The number of hydrogen-bond acceptors (Lipinski definition) is 15. The minimum absolute atomic E-state index is 0.104. The molecule has 0 spiro atoms. The van der Waals surface area contributed by atoms with Gasteiger partial charge >= 0.3 is 39.5 Å².